The van der Waals surface area contributed by atoms with E-state index in [1.165, 1.54) is 6.08 Å². The van der Waals surface area contributed by atoms with Gasteiger partial charge in [0.25, 0.3) is 5.91 Å². The summed E-state index contributed by atoms with van der Waals surface area (Å²) >= 11 is 0. The molecule has 0 spiro atoms. The highest BCUT2D eigenvalue weighted by Gasteiger charge is 2.14. The molecule has 1 N–H and O–H groups in total. The normalized spacial score (nSPS) is 10.7. The van der Waals surface area contributed by atoms with Crippen molar-refractivity contribution < 1.29 is 14.3 Å². The first kappa shape index (κ1) is 14.5. The van der Waals surface area contributed by atoms with E-state index in [1.807, 2.05) is 11.4 Å². The Morgan fingerprint density at radius 2 is 1.95 bits per heavy atom. The third-order valence-electron chi connectivity index (χ3n) is 2.03. The molecule has 5 nitrogen and oxygen atoms in total. The summed E-state index contributed by atoms with van der Waals surface area (Å²) in [4.78, 5) is 22.9. The molecule has 0 atom stereocenters. The topological polar surface area (TPSA) is 79.2 Å². The fourth-order valence-electron chi connectivity index (χ4n) is 1.27. The number of imide groups is 1. The fraction of sp³-hybridized carbons (Fsp3) is 0.214. The van der Waals surface area contributed by atoms with Gasteiger partial charge in [0.2, 0.25) is 0 Å². The van der Waals surface area contributed by atoms with Gasteiger partial charge >= 0.3 is 6.09 Å². The van der Waals surface area contributed by atoms with Crippen LogP contribution in [0.4, 0.5) is 4.79 Å². The Labute approximate surface area is 111 Å². The number of hydrogen-bond donors (Lipinski definition) is 1. The van der Waals surface area contributed by atoms with Gasteiger partial charge in [-0.2, -0.15) is 5.26 Å². The molecule has 0 unspecified atom stereocenters. The van der Waals surface area contributed by atoms with Gasteiger partial charge in [-0.15, -0.1) is 0 Å². The van der Waals surface area contributed by atoms with Crippen LogP contribution in [0, 0.1) is 11.3 Å². The summed E-state index contributed by atoms with van der Waals surface area (Å²) in [5, 5.41) is 10.9. The van der Waals surface area contributed by atoms with E-state index < -0.39 is 12.0 Å². The summed E-state index contributed by atoms with van der Waals surface area (Å²) < 4.78 is 4.76. The fourth-order valence-corrected chi connectivity index (χ4v) is 1.27. The second kappa shape index (κ2) is 6.97. The number of nitrogens with one attached hydrogen (secondary N) is 1. The Balaban J connectivity index is 2.76. The lowest BCUT2D eigenvalue weighted by molar-refractivity contribution is -0.116. The molecule has 98 valence electrons. The van der Waals surface area contributed by atoms with Crippen molar-refractivity contribution in [3.05, 3.63) is 41.5 Å². The van der Waals surface area contributed by atoms with Crippen LogP contribution >= 0.6 is 0 Å². The maximum absolute atomic E-state index is 11.7. The van der Waals surface area contributed by atoms with Crippen LogP contribution < -0.4 is 5.32 Å². The molecule has 1 aromatic carbocycles. The summed E-state index contributed by atoms with van der Waals surface area (Å²) in [6.45, 7) is 3.32. The van der Waals surface area contributed by atoms with Crippen molar-refractivity contribution in [2.45, 2.75) is 20.0 Å². The molecule has 0 aliphatic rings. The highest BCUT2D eigenvalue weighted by Crippen LogP contribution is 2.06. The molecule has 0 heterocycles. The van der Waals surface area contributed by atoms with E-state index in [2.05, 4.69) is 0 Å². The number of ether oxygens (including phenoxy) is 1. The molecule has 0 aliphatic heterocycles. The monoisotopic (exact) mass is 258 g/mol. The molecule has 19 heavy (non-hydrogen) atoms. The predicted octanol–water partition coefficient (Wildman–Crippen LogP) is 2.25. The predicted molar refractivity (Wildman–Crippen MR) is 69.8 cm³/mol. The molecule has 0 fully saturated rings. The molecule has 1 aromatic rings. The van der Waals surface area contributed by atoms with Crippen LogP contribution in [0.2, 0.25) is 0 Å². The SMILES string of the molecule is CC(C)OC(=O)NC(=O)/C(C#N)=C\c1ccccc1. The van der Waals surface area contributed by atoms with Gasteiger partial charge in [0.05, 0.1) is 6.10 Å². The lowest BCUT2D eigenvalue weighted by Gasteiger charge is -2.07. The molecule has 0 aliphatic carbocycles. The number of benzene rings is 1. The van der Waals surface area contributed by atoms with E-state index in [-0.39, 0.29) is 11.7 Å². The molecular formula is C14H14N2O3. The van der Waals surface area contributed by atoms with Gasteiger partial charge in [0.1, 0.15) is 11.6 Å². The zero-order valence-electron chi connectivity index (χ0n) is 10.7. The van der Waals surface area contributed by atoms with Crippen LogP contribution in [-0.4, -0.2) is 18.1 Å². The van der Waals surface area contributed by atoms with Gasteiger partial charge in [-0.3, -0.25) is 10.1 Å². The third kappa shape index (κ3) is 5.04. The highest BCUT2D eigenvalue weighted by atomic mass is 16.6. The minimum absolute atomic E-state index is 0.160. The van der Waals surface area contributed by atoms with Gasteiger partial charge in [-0.25, -0.2) is 4.79 Å². The van der Waals surface area contributed by atoms with E-state index in [4.69, 9.17) is 10.00 Å². The second-order valence-corrected chi connectivity index (χ2v) is 3.99. The average molecular weight is 258 g/mol. The molecule has 0 saturated heterocycles. The van der Waals surface area contributed by atoms with Crippen LogP contribution in [0.5, 0.6) is 0 Å². The minimum Gasteiger partial charge on any atom is -0.447 e. The van der Waals surface area contributed by atoms with Gasteiger partial charge in [-0.05, 0) is 25.5 Å². The van der Waals surface area contributed by atoms with Crippen LogP contribution in [0.15, 0.2) is 35.9 Å². The van der Waals surface area contributed by atoms with Gasteiger partial charge in [0.15, 0.2) is 0 Å². The Morgan fingerprint density at radius 1 is 1.32 bits per heavy atom. The van der Waals surface area contributed by atoms with E-state index in [0.717, 1.165) is 0 Å². The standard InChI is InChI=1S/C14H14N2O3/c1-10(2)19-14(18)16-13(17)12(9-15)8-11-6-4-3-5-7-11/h3-8,10H,1-2H3,(H,16,17,18)/b12-8-. The quantitative estimate of drug-likeness (QED) is 0.666. The first-order chi connectivity index (χ1) is 9.02. The van der Waals surface area contributed by atoms with Gasteiger partial charge in [0, 0.05) is 0 Å². The number of hydrogen-bond acceptors (Lipinski definition) is 4. The number of nitrogens with zero attached hydrogens (tertiary/aromatic N) is 1. The number of amides is 2. The maximum atomic E-state index is 11.7. The number of carbonyl (C=O) groups excluding carboxylic acids is 2. The lowest BCUT2D eigenvalue weighted by Crippen LogP contribution is -2.33. The van der Waals surface area contributed by atoms with Crippen molar-refractivity contribution in [1.82, 2.24) is 5.32 Å². The highest BCUT2D eigenvalue weighted by molar-refractivity contribution is 6.07. The van der Waals surface area contributed by atoms with E-state index in [9.17, 15) is 9.59 Å². The Morgan fingerprint density at radius 3 is 2.47 bits per heavy atom. The summed E-state index contributed by atoms with van der Waals surface area (Å²) in [6.07, 6.45) is 0.198. The second-order valence-electron chi connectivity index (χ2n) is 3.99. The number of nitriles is 1. The maximum Gasteiger partial charge on any atom is 0.414 e. The molecule has 0 saturated carbocycles. The summed E-state index contributed by atoms with van der Waals surface area (Å²) in [6, 6.07) is 10.6. The molecule has 5 heteroatoms. The Kier molecular flexibility index (Phi) is 5.30. The summed E-state index contributed by atoms with van der Waals surface area (Å²) in [5.74, 6) is -0.781. The molecule has 0 radical (unpaired) electrons. The van der Waals surface area contributed by atoms with E-state index in [1.54, 1.807) is 44.2 Å². The van der Waals surface area contributed by atoms with E-state index in [0.29, 0.717) is 5.56 Å². The minimum atomic E-state index is -0.866. The van der Waals surface area contributed by atoms with E-state index >= 15 is 0 Å². The van der Waals surface area contributed by atoms with Crippen LogP contribution in [-0.2, 0) is 9.53 Å². The molecule has 1 rings (SSSR count). The molecular weight excluding hydrogens is 244 g/mol. The van der Waals surface area contributed by atoms with Crippen LogP contribution in [0.1, 0.15) is 19.4 Å². The first-order valence-electron chi connectivity index (χ1n) is 5.71. The number of carbonyl (C=O) groups is 2. The molecule has 2 amide bonds. The largest absolute Gasteiger partial charge is 0.447 e. The Bertz CT molecular complexity index is 527. The lowest BCUT2D eigenvalue weighted by atomic mass is 10.1. The molecule has 0 aromatic heterocycles. The average Bonchev–Trinajstić information content (AvgIpc) is 2.35. The number of rotatable bonds is 3. The van der Waals surface area contributed by atoms with Crippen molar-refractivity contribution in [3.63, 3.8) is 0 Å². The smallest absolute Gasteiger partial charge is 0.414 e. The first-order valence-corrected chi connectivity index (χ1v) is 5.71. The van der Waals surface area contributed by atoms with Crippen molar-refractivity contribution in [2.24, 2.45) is 0 Å². The van der Waals surface area contributed by atoms with Crippen LogP contribution in [0.25, 0.3) is 6.08 Å². The van der Waals surface area contributed by atoms with Crippen LogP contribution in [0.3, 0.4) is 0 Å². The van der Waals surface area contributed by atoms with Crippen molar-refractivity contribution in [2.75, 3.05) is 0 Å². The summed E-state index contributed by atoms with van der Waals surface area (Å²) in [5.41, 5.74) is 0.540. The zero-order valence-corrected chi connectivity index (χ0v) is 10.7. The van der Waals surface area contributed by atoms with Crippen molar-refractivity contribution in [3.8, 4) is 6.07 Å². The van der Waals surface area contributed by atoms with Crippen molar-refractivity contribution >= 4 is 18.1 Å². The zero-order chi connectivity index (χ0) is 14.3. The third-order valence-corrected chi connectivity index (χ3v) is 2.03. The number of alkyl carbamates (subject to hydrolysis) is 1. The van der Waals surface area contributed by atoms with Crippen molar-refractivity contribution in [1.29, 1.82) is 5.26 Å². The Hall–Kier alpha value is -2.61. The molecule has 0 bridgehead atoms. The van der Waals surface area contributed by atoms with Gasteiger partial charge in [-0.1, -0.05) is 30.3 Å². The van der Waals surface area contributed by atoms with Gasteiger partial charge < -0.3 is 4.74 Å². The summed E-state index contributed by atoms with van der Waals surface area (Å²) in [7, 11) is 0.